The zero-order valence-corrected chi connectivity index (χ0v) is 14.3. The monoisotopic (exact) mass is 341 g/mol. The lowest BCUT2D eigenvalue weighted by Crippen LogP contribution is -2.33. The molecule has 2 heterocycles. The SMILES string of the molecule is NC(=O)CCc1cccc(C2CCN(Cc3ccccc3F)CC2)n1. The van der Waals surface area contributed by atoms with E-state index in [9.17, 15) is 9.18 Å². The van der Waals surface area contributed by atoms with Gasteiger partial charge in [0.1, 0.15) is 5.82 Å². The topological polar surface area (TPSA) is 59.2 Å². The van der Waals surface area contributed by atoms with Crippen molar-refractivity contribution < 1.29 is 9.18 Å². The van der Waals surface area contributed by atoms with Gasteiger partial charge in [0, 0.05) is 35.8 Å². The third-order valence-corrected chi connectivity index (χ3v) is 4.81. The molecule has 1 amide bonds. The minimum absolute atomic E-state index is 0.131. The lowest BCUT2D eigenvalue weighted by molar-refractivity contribution is -0.118. The third-order valence-electron chi connectivity index (χ3n) is 4.81. The van der Waals surface area contributed by atoms with Crippen LogP contribution in [0.4, 0.5) is 4.39 Å². The molecule has 0 radical (unpaired) electrons. The zero-order chi connectivity index (χ0) is 17.6. The van der Waals surface area contributed by atoms with Crippen molar-refractivity contribution in [2.75, 3.05) is 13.1 Å². The maximum absolute atomic E-state index is 13.8. The van der Waals surface area contributed by atoms with Gasteiger partial charge in [0.05, 0.1) is 0 Å². The number of amides is 1. The molecule has 1 saturated heterocycles. The van der Waals surface area contributed by atoms with Crippen molar-refractivity contribution in [2.24, 2.45) is 5.73 Å². The first-order chi connectivity index (χ1) is 12.1. The summed E-state index contributed by atoms with van der Waals surface area (Å²) in [6, 6.07) is 13.0. The lowest BCUT2D eigenvalue weighted by atomic mass is 9.92. The van der Waals surface area contributed by atoms with E-state index in [4.69, 9.17) is 10.7 Å². The summed E-state index contributed by atoms with van der Waals surface area (Å²) in [7, 11) is 0. The smallest absolute Gasteiger partial charge is 0.217 e. The molecule has 0 unspecified atom stereocenters. The molecule has 0 aliphatic carbocycles. The van der Waals surface area contributed by atoms with Gasteiger partial charge in [-0.15, -0.1) is 0 Å². The number of nitrogens with zero attached hydrogens (tertiary/aromatic N) is 2. The van der Waals surface area contributed by atoms with E-state index in [-0.39, 0.29) is 11.7 Å². The van der Waals surface area contributed by atoms with Crippen LogP contribution in [0.5, 0.6) is 0 Å². The van der Waals surface area contributed by atoms with Gasteiger partial charge in [-0.3, -0.25) is 14.7 Å². The van der Waals surface area contributed by atoms with E-state index in [0.717, 1.165) is 42.9 Å². The minimum atomic E-state index is -0.298. The van der Waals surface area contributed by atoms with E-state index >= 15 is 0 Å². The highest BCUT2D eigenvalue weighted by atomic mass is 19.1. The van der Waals surface area contributed by atoms with Gasteiger partial charge >= 0.3 is 0 Å². The van der Waals surface area contributed by atoms with Crippen LogP contribution in [0.25, 0.3) is 0 Å². The fourth-order valence-corrected chi connectivity index (χ4v) is 3.37. The molecular formula is C20H24FN3O. The number of halogens is 1. The Morgan fingerprint density at radius 1 is 1.16 bits per heavy atom. The zero-order valence-electron chi connectivity index (χ0n) is 14.3. The van der Waals surface area contributed by atoms with Crippen LogP contribution in [0, 0.1) is 5.82 Å². The Balaban J connectivity index is 1.56. The summed E-state index contributed by atoms with van der Waals surface area (Å²) in [6.07, 6.45) is 2.95. The minimum Gasteiger partial charge on any atom is -0.370 e. The second-order valence-electron chi connectivity index (χ2n) is 6.66. The van der Waals surface area contributed by atoms with Crippen molar-refractivity contribution in [3.8, 4) is 0 Å². The highest BCUT2D eigenvalue weighted by Gasteiger charge is 2.22. The summed E-state index contributed by atoms with van der Waals surface area (Å²) in [5.74, 6) is -0.00695. The second kappa shape index (κ2) is 8.21. The number of carbonyl (C=O) groups is 1. The number of carbonyl (C=O) groups excluding carboxylic acids is 1. The van der Waals surface area contributed by atoms with Gasteiger partial charge in [-0.05, 0) is 50.6 Å². The van der Waals surface area contributed by atoms with Gasteiger partial charge in [-0.1, -0.05) is 24.3 Å². The van der Waals surface area contributed by atoms with Crippen LogP contribution in [0.15, 0.2) is 42.5 Å². The number of hydrogen-bond donors (Lipinski definition) is 1. The predicted octanol–water partition coefficient (Wildman–Crippen LogP) is 3.02. The van der Waals surface area contributed by atoms with Crippen LogP contribution in [0.1, 0.15) is 42.1 Å². The Morgan fingerprint density at radius 3 is 2.64 bits per heavy atom. The summed E-state index contributed by atoms with van der Waals surface area (Å²) < 4.78 is 13.8. The number of nitrogens with two attached hydrogens (primary N) is 1. The Hall–Kier alpha value is -2.27. The standard InChI is InChI=1S/C20H24FN3O/c21-18-6-2-1-4-16(18)14-24-12-10-15(11-13-24)19-7-3-5-17(23-19)8-9-20(22)25/h1-7,15H,8-14H2,(H2,22,25). The van der Waals surface area contributed by atoms with Crippen LogP contribution in [-0.2, 0) is 17.8 Å². The molecule has 1 aromatic carbocycles. The second-order valence-corrected chi connectivity index (χ2v) is 6.66. The molecule has 3 rings (SSSR count). The number of primary amides is 1. The molecule has 0 spiro atoms. The Kier molecular flexibility index (Phi) is 5.76. The fraction of sp³-hybridized carbons (Fsp3) is 0.400. The molecule has 1 aromatic heterocycles. The average Bonchev–Trinajstić information content (AvgIpc) is 2.63. The summed E-state index contributed by atoms with van der Waals surface area (Å²) in [5, 5.41) is 0. The first-order valence-electron chi connectivity index (χ1n) is 8.81. The number of aromatic nitrogens is 1. The van der Waals surface area contributed by atoms with E-state index in [1.807, 2.05) is 24.3 Å². The molecule has 1 fully saturated rings. The molecule has 1 aliphatic rings. The number of benzene rings is 1. The molecule has 5 heteroatoms. The molecule has 0 saturated carbocycles. The van der Waals surface area contributed by atoms with Gasteiger partial charge in [0.15, 0.2) is 0 Å². The summed E-state index contributed by atoms with van der Waals surface area (Å²) >= 11 is 0. The van der Waals surface area contributed by atoms with Crippen LogP contribution in [-0.4, -0.2) is 28.9 Å². The molecule has 132 valence electrons. The van der Waals surface area contributed by atoms with E-state index in [1.165, 1.54) is 6.07 Å². The summed E-state index contributed by atoms with van der Waals surface area (Å²) in [5.41, 5.74) is 7.98. The van der Waals surface area contributed by atoms with E-state index in [1.54, 1.807) is 6.07 Å². The number of pyridine rings is 1. The number of likely N-dealkylation sites (tertiary alicyclic amines) is 1. The van der Waals surface area contributed by atoms with Crippen molar-refractivity contribution in [3.63, 3.8) is 0 Å². The van der Waals surface area contributed by atoms with Crippen LogP contribution in [0.2, 0.25) is 0 Å². The molecule has 2 N–H and O–H groups in total. The van der Waals surface area contributed by atoms with Crippen molar-refractivity contribution in [1.82, 2.24) is 9.88 Å². The van der Waals surface area contributed by atoms with Gasteiger partial charge in [-0.25, -0.2) is 4.39 Å². The maximum atomic E-state index is 13.8. The number of piperidine rings is 1. The third kappa shape index (κ3) is 4.86. The van der Waals surface area contributed by atoms with Crippen LogP contribution < -0.4 is 5.73 Å². The van der Waals surface area contributed by atoms with Gasteiger partial charge in [-0.2, -0.15) is 0 Å². The lowest BCUT2D eigenvalue weighted by Gasteiger charge is -2.32. The van der Waals surface area contributed by atoms with Crippen molar-refractivity contribution in [1.29, 1.82) is 0 Å². The number of aryl methyl sites for hydroxylation is 1. The molecular weight excluding hydrogens is 317 g/mol. The van der Waals surface area contributed by atoms with Crippen molar-refractivity contribution >= 4 is 5.91 Å². The maximum Gasteiger partial charge on any atom is 0.217 e. The molecule has 1 aliphatic heterocycles. The fourth-order valence-electron chi connectivity index (χ4n) is 3.37. The number of rotatable bonds is 6. The average molecular weight is 341 g/mol. The van der Waals surface area contributed by atoms with Crippen LogP contribution >= 0.6 is 0 Å². The largest absolute Gasteiger partial charge is 0.370 e. The molecule has 0 atom stereocenters. The molecule has 25 heavy (non-hydrogen) atoms. The summed E-state index contributed by atoms with van der Waals surface area (Å²) in [4.78, 5) is 17.9. The Labute approximate surface area is 147 Å². The van der Waals surface area contributed by atoms with Crippen molar-refractivity contribution in [3.05, 3.63) is 65.2 Å². The van der Waals surface area contributed by atoms with Crippen LogP contribution in [0.3, 0.4) is 0 Å². The van der Waals surface area contributed by atoms with Crippen molar-refractivity contribution in [2.45, 2.75) is 38.1 Å². The first kappa shape index (κ1) is 17.5. The highest BCUT2D eigenvalue weighted by molar-refractivity contribution is 5.73. The number of hydrogen-bond acceptors (Lipinski definition) is 3. The Bertz CT molecular complexity index is 726. The Morgan fingerprint density at radius 2 is 1.92 bits per heavy atom. The van der Waals surface area contributed by atoms with Gasteiger partial charge in [0.25, 0.3) is 0 Å². The predicted molar refractivity (Wildman–Crippen MR) is 95.4 cm³/mol. The summed E-state index contributed by atoms with van der Waals surface area (Å²) in [6.45, 7) is 2.53. The van der Waals surface area contributed by atoms with Gasteiger partial charge < -0.3 is 5.73 Å². The normalized spacial score (nSPS) is 16.0. The molecule has 2 aromatic rings. The highest BCUT2D eigenvalue weighted by Crippen LogP contribution is 2.28. The van der Waals surface area contributed by atoms with Gasteiger partial charge in [0.2, 0.25) is 5.91 Å². The molecule has 0 bridgehead atoms. The van der Waals surface area contributed by atoms with E-state index in [2.05, 4.69) is 11.0 Å². The van der Waals surface area contributed by atoms with E-state index < -0.39 is 0 Å². The quantitative estimate of drug-likeness (QED) is 0.879. The molecule has 4 nitrogen and oxygen atoms in total. The van der Waals surface area contributed by atoms with E-state index in [0.29, 0.717) is 25.3 Å². The first-order valence-corrected chi connectivity index (χ1v) is 8.81.